The Bertz CT molecular complexity index is 711. The maximum Gasteiger partial charge on any atom is 0.328 e. The normalized spacial score (nSPS) is 12.4. The van der Waals surface area contributed by atoms with Crippen LogP contribution in [0.15, 0.2) is 35.7 Å². The summed E-state index contributed by atoms with van der Waals surface area (Å²) in [6, 6.07) is 2.83. The number of H-pyrrole nitrogens is 1. The SMILES string of the molecule is O=C(O)[C@@H](Cc1cnc[nH]1)N=Cc1cccc([N+](=O)[O-])c1O. The van der Waals surface area contributed by atoms with Crippen LogP contribution in [0, 0.1) is 10.1 Å². The molecule has 0 spiro atoms. The van der Waals surface area contributed by atoms with Gasteiger partial charge in [-0.05, 0) is 6.07 Å². The summed E-state index contributed by atoms with van der Waals surface area (Å²) in [7, 11) is 0. The van der Waals surface area contributed by atoms with Crippen molar-refractivity contribution in [3.05, 3.63) is 52.1 Å². The molecule has 0 bridgehead atoms. The van der Waals surface area contributed by atoms with Crippen molar-refractivity contribution >= 4 is 17.9 Å². The number of aliphatic carboxylic acids is 1. The van der Waals surface area contributed by atoms with Crippen molar-refractivity contribution in [3.8, 4) is 5.75 Å². The number of para-hydroxylation sites is 1. The van der Waals surface area contributed by atoms with Crippen LogP contribution < -0.4 is 0 Å². The number of nitrogens with zero attached hydrogens (tertiary/aromatic N) is 3. The maximum atomic E-state index is 11.2. The van der Waals surface area contributed by atoms with Crippen molar-refractivity contribution in [2.45, 2.75) is 12.5 Å². The molecule has 0 radical (unpaired) electrons. The molecule has 1 aromatic carbocycles. The molecule has 0 fully saturated rings. The first-order valence-corrected chi connectivity index (χ1v) is 6.18. The highest BCUT2D eigenvalue weighted by Crippen LogP contribution is 2.28. The minimum Gasteiger partial charge on any atom is -0.502 e. The molecule has 3 N–H and O–H groups in total. The molecule has 114 valence electrons. The van der Waals surface area contributed by atoms with Gasteiger partial charge in [-0.2, -0.15) is 0 Å². The number of aromatic hydroxyl groups is 1. The average molecular weight is 304 g/mol. The lowest BCUT2D eigenvalue weighted by molar-refractivity contribution is -0.385. The molecule has 0 saturated carbocycles. The van der Waals surface area contributed by atoms with E-state index in [1.165, 1.54) is 24.7 Å². The van der Waals surface area contributed by atoms with Crippen molar-refractivity contribution in [1.29, 1.82) is 0 Å². The number of phenolic OH excluding ortho intramolecular Hbond substituents is 1. The number of phenols is 1. The van der Waals surface area contributed by atoms with Crippen LogP contribution >= 0.6 is 0 Å². The van der Waals surface area contributed by atoms with E-state index in [0.717, 1.165) is 12.3 Å². The number of nitro groups is 1. The van der Waals surface area contributed by atoms with Crippen molar-refractivity contribution in [1.82, 2.24) is 9.97 Å². The molecular formula is C13H12N4O5. The number of carbonyl (C=O) groups is 1. The molecule has 9 nitrogen and oxygen atoms in total. The van der Waals surface area contributed by atoms with Crippen molar-refractivity contribution in [2.75, 3.05) is 0 Å². The van der Waals surface area contributed by atoms with E-state index in [2.05, 4.69) is 15.0 Å². The van der Waals surface area contributed by atoms with E-state index >= 15 is 0 Å². The van der Waals surface area contributed by atoms with Gasteiger partial charge in [-0.3, -0.25) is 15.1 Å². The Kier molecular flexibility index (Phi) is 4.47. The molecule has 0 saturated heterocycles. The van der Waals surface area contributed by atoms with Gasteiger partial charge in [0.2, 0.25) is 5.75 Å². The second-order valence-electron chi connectivity index (χ2n) is 4.39. The van der Waals surface area contributed by atoms with E-state index in [-0.39, 0.29) is 12.0 Å². The van der Waals surface area contributed by atoms with E-state index in [1.54, 1.807) is 0 Å². The fourth-order valence-electron chi connectivity index (χ4n) is 1.78. The number of carboxylic acids is 1. The molecule has 0 unspecified atom stereocenters. The van der Waals surface area contributed by atoms with Crippen LogP contribution in [-0.4, -0.2) is 43.3 Å². The number of benzene rings is 1. The van der Waals surface area contributed by atoms with E-state index in [0.29, 0.717) is 5.69 Å². The highest BCUT2D eigenvalue weighted by atomic mass is 16.6. The zero-order valence-corrected chi connectivity index (χ0v) is 11.2. The van der Waals surface area contributed by atoms with Crippen LogP contribution in [0.3, 0.4) is 0 Å². The first kappa shape index (κ1) is 15.2. The molecule has 0 aliphatic heterocycles. The molecule has 1 heterocycles. The number of hydrogen-bond donors (Lipinski definition) is 3. The van der Waals surface area contributed by atoms with Crippen LogP contribution in [-0.2, 0) is 11.2 Å². The Morgan fingerprint density at radius 1 is 1.55 bits per heavy atom. The summed E-state index contributed by atoms with van der Waals surface area (Å²) in [5.41, 5.74) is 0.197. The van der Waals surface area contributed by atoms with E-state index in [1.807, 2.05) is 0 Å². The summed E-state index contributed by atoms with van der Waals surface area (Å²) < 4.78 is 0. The quantitative estimate of drug-likeness (QED) is 0.415. The lowest BCUT2D eigenvalue weighted by Gasteiger charge is -2.06. The zero-order chi connectivity index (χ0) is 16.1. The predicted octanol–water partition coefficient (Wildman–Crippen LogP) is 1.14. The minimum atomic E-state index is -1.16. The Labute approximate surface area is 124 Å². The van der Waals surface area contributed by atoms with Gasteiger partial charge in [-0.25, -0.2) is 9.78 Å². The fraction of sp³-hybridized carbons (Fsp3) is 0.154. The van der Waals surface area contributed by atoms with E-state index in [4.69, 9.17) is 5.11 Å². The number of aliphatic imine (C=N–C) groups is 1. The van der Waals surface area contributed by atoms with Gasteiger partial charge in [0.05, 0.1) is 11.3 Å². The third kappa shape index (κ3) is 3.45. The predicted molar refractivity (Wildman–Crippen MR) is 76.1 cm³/mol. The zero-order valence-electron chi connectivity index (χ0n) is 11.2. The second kappa shape index (κ2) is 6.48. The average Bonchev–Trinajstić information content (AvgIpc) is 2.97. The van der Waals surface area contributed by atoms with Gasteiger partial charge in [-0.1, -0.05) is 6.07 Å². The van der Waals surface area contributed by atoms with E-state index in [9.17, 15) is 20.0 Å². The van der Waals surface area contributed by atoms with Crippen LogP contribution in [0.25, 0.3) is 0 Å². The van der Waals surface area contributed by atoms with Gasteiger partial charge in [0.15, 0.2) is 6.04 Å². The van der Waals surface area contributed by atoms with Crippen molar-refractivity contribution in [3.63, 3.8) is 0 Å². The number of nitrogens with one attached hydrogen (secondary N) is 1. The first-order valence-electron chi connectivity index (χ1n) is 6.18. The lowest BCUT2D eigenvalue weighted by Crippen LogP contribution is -2.21. The third-order valence-electron chi connectivity index (χ3n) is 2.89. The molecule has 0 aliphatic carbocycles. The Balaban J connectivity index is 2.23. The summed E-state index contributed by atoms with van der Waals surface area (Å²) in [6.45, 7) is 0. The number of imidazole rings is 1. The molecule has 2 rings (SSSR count). The Hall–Kier alpha value is -3.23. The van der Waals surface area contributed by atoms with Crippen molar-refractivity contribution in [2.24, 2.45) is 4.99 Å². The fourth-order valence-corrected chi connectivity index (χ4v) is 1.78. The number of aromatic amines is 1. The molecule has 2 aromatic rings. The van der Waals surface area contributed by atoms with Gasteiger partial charge in [0.1, 0.15) is 0 Å². The standard InChI is InChI=1S/C13H12N4O5/c18-12-8(2-1-3-11(12)17(21)22)5-15-10(13(19)20)4-9-6-14-7-16-9/h1-3,5-7,10,18H,4H2,(H,14,16)(H,19,20)/t10-/m1/s1. The second-order valence-corrected chi connectivity index (χ2v) is 4.39. The summed E-state index contributed by atoms with van der Waals surface area (Å²) in [4.78, 5) is 31.6. The number of carboxylic acid groups (broad SMARTS) is 1. The Morgan fingerprint density at radius 3 is 2.91 bits per heavy atom. The lowest BCUT2D eigenvalue weighted by atomic mass is 10.1. The van der Waals surface area contributed by atoms with Gasteiger partial charge < -0.3 is 15.2 Å². The largest absolute Gasteiger partial charge is 0.502 e. The van der Waals surface area contributed by atoms with Gasteiger partial charge in [-0.15, -0.1) is 0 Å². The summed E-state index contributed by atoms with van der Waals surface area (Å²) >= 11 is 0. The summed E-state index contributed by atoms with van der Waals surface area (Å²) in [5, 5.41) is 29.6. The van der Waals surface area contributed by atoms with Gasteiger partial charge >= 0.3 is 11.7 Å². The van der Waals surface area contributed by atoms with Crippen molar-refractivity contribution < 1.29 is 19.9 Å². The first-order chi connectivity index (χ1) is 10.5. The maximum absolute atomic E-state index is 11.2. The summed E-state index contributed by atoms with van der Waals surface area (Å²) in [6.07, 6.45) is 4.10. The molecule has 22 heavy (non-hydrogen) atoms. The third-order valence-corrected chi connectivity index (χ3v) is 2.89. The number of aromatic nitrogens is 2. The van der Waals surface area contributed by atoms with Crippen LogP contribution in [0.1, 0.15) is 11.3 Å². The molecule has 0 aliphatic rings. The molecule has 1 aromatic heterocycles. The topological polar surface area (TPSA) is 142 Å². The van der Waals surface area contributed by atoms with Crippen LogP contribution in [0.2, 0.25) is 0 Å². The van der Waals surface area contributed by atoms with Gasteiger partial charge in [0, 0.05) is 36.2 Å². The molecule has 9 heteroatoms. The number of nitro benzene ring substituents is 1. The van der Waals surface area contributed by atoms with E-state index < -0.39 is 28.4 Å². The molecular weight excluding hydrogens is 292 g/mol. The molecule has 0 amide bonds. The monoisotopic (exact) mass is 304 g/mol. The van der Waals surface area contributed by atoms with Gasteiger partial charge in [0.25, 0.3) is 0 Å². The summed E-state index contributed by atoms with van der Waals surface area (Å²) in [5.74, 6) is -1.71. The highest BCUT2D eigenvalue weighted by Gasteiger charge is 2.19. The number of hydrogen-bond acceptors (Lipinski definition) is 6. The smallest absolute Gasteiger partial charge is 0.328 e. The molecule has 1 atom stereocenters. The van der Waals surface area contributed by atoms with Crippen LogP contribution in [0.5, 0.6) is 5.75 Å². The number of rotatable bonds is 6. The minimum absolute atomic E-state index is 0.0741. The highest BCUT2D eigenvalue weighted by molar-refractivity contribution is 5.87. The van der Waals surface area contributed by atoms with Crippen LogP contribution in [0.4, 0.5) is 5.69 Å². The Morgan fingerprint density at radius 2 is 2.32 bits per heavy atom.